The van der Waals surface area contributed by atoms with Crippen molar-refractivity contribution in [1.29, 1.82) is 0 Å². The molecule has 21 nitrogen and oxygen atoms in total. The first-order chi connectivity index (χ1) is 39.9. The minimum absolute atomic E-state index is 0.595. The van der Waals surface area contributed by atoms with E-state index in [1.165, 1.54) is 0 Å². The van der Waals surface area contributed by atoms with Gasteiger partial charge < -0.3 is 99.5 Å². The number of ether oxygens (including phenoxy) is 21. The molecule has 0 aliphatic rings. The Kier molecular flexibility index (Phi) is 77.3. The molecule has 482 valence electrons. The van der Waals surface area contributed by atoms with Gasteiger partial charge in [-0.1, -0.05) is 0 Å². The van der Waals surface area contributed by atoms with Gasteiger partial charge >= 0.3 is 0 Å². The molecule has 0 rings (SSSR count). The Morgan fingerprint density at radius 3 is 0.275 bits per heavy atom. The lowest BCUT2D eigenvalue weighted by molar-refractivity contribution is 0.0165. The lowest BCUT2D eigenvalue weighted by Gasteiger charge is -2.08. The van der Waals surface area contributed by atoms with Crippen LogP contribution in [0.1, 0.15) is 109 Å². The highest BCUT2D eigenvalue weighted by Crippen LogP contribution is 1.99. The van der Waals surface area contributed by atoms with Crippen molar-refractivity contribution >= 4 is 0 Å². The van der Waals surface area contributed by atoms with Crippen LogP contribution in [0.25, 0.3) is 0 Å². The summed E-state index contributed by atoms with van der Waals surface area (Å²) in [5.41, 5.74) is 0. The summed E-state index contributed by atoms with van der Waals surface area (Å²) in [6.07, 6.45) is 15.1. The van der Waals surface area contributed by atoms with Crippen LogP contribution in [0, 0.1) is 0 Å². The molecule has 0 aromatic carbocycles. The fourth-order valence-corrected chi connectivity index (χ4v) is 6.81. The zero-order valence-electron chi connectivity index (χ0n) is 50.9. The van der Waals surface area contributed by atoms with Crippen molar-refractivity contribution in [2.75, 3.05) is 278 Å². The van der Waals surface area contributed by atoms with Crippen LogP contribution in [0.4, 0.5) is 0 Å². The molecule has 0 saturated carbocycles. The molecule has 0 saturated heterocycles. The fourth-order valence-electron chi connectivity index (χ4n) is 6.81. The SMILES string of the molecule is COCCOCCCOCCCOCCCOCCCOCCCOCCCOCCCOCCCOCCCOCCCOCCCOCCCOCCCOCCCOCCCOCCCOCCCOCCOCCOC. The van der Waals surface area contributed by atoms with E-state index in [1.807, 2.05) is 0 Å². The van der Waals surface area contributed by atoms with Gasteiger partial charge in [-0.25, -0.2) is 0 Å². The van der Waals surface area contributed by atoms with Crippen LogP contribution in [-0.4, -0.2) is 278 Å². The monoisotopic (exact) mass is 1160 g/mol. The van der Waals surface area contributed by atoms with Gasteiger partial charge in [0.2, 0.25) is 0 Å². The molecule has 0 spiro atoms. The molecule has 0 amide bonds. The predicted octanol–water partition coefficient (Wildman–Crippen LogP) is 7.23. The van der Waals surface area contributed by atoms with Crippen LogP contribution >= 0.6 is 0 Å². The standard InChI is InChI=1S/C59H120O21/c1-60-54-56-78-52-18-50-76-48-16-46-74-44-14-42-72-40-12-38-70-36-10-34-68-32-8-30-66-28-6-26-64-24-4-22-62-20-3-21-63-23-5-25-65-27-7-29-67-31-9-33-69-35-11-37-71-39-13-41-73-43-15-45-75-47-17-49-77-51-19-53-79-58-59-80-57-55-61-2/h3-59H2,1-2H3. The van der Waals surface area contributed by atoms with E-state index in [0.29, 0.717) is 264 Å². The number of hydrogen-bond acceptors (Lipinski definition) is 21. The van der Waals surface area contributed by atoms with E-state index >= 15 is 0 Å². The predicted molar refractivity (Wildman–Crippen MR) is 308 cm³/mol. The Labute approximate surface area is 485 Å². The van der Waals surface area contributed by atoms with E-state index in [9.17, 15) is 0 Å². The van der Waals surface area contributed by atoms with Gasteiger partial charge in [-0.15, -0.1) is 0 Å². The van der Waals surface area contributed by atoms with Crippen LogP contribution in [0.15, 0.2) is 0 Å². The van der Waals surface area contributed by atoms with Crippen molar-refractivity contribution in [3.05, 3.63) is 0 Å². The second-order valence-electron chi connectivity index (χ2n) is 18.6. The summed E-state index contributed by atoms with van der Waals surface area (Å²) in [5.74, 6) is 0. The zero-order valence-corrected chi connectivity index (χ0v) is 50.9. The summed E-state index contributed by atoms with van der Waals surface area (Å²) < 4.78 is 117. The van der Waals surface area contributed by atoms with Gasteiger partial charge in [0.05, 0.1) is 39.6 Å². The van der Waals surface area contributed by atoms with Crippen LogP contribution in [0.2, 0.25) is 0 Å². The molecule has 0 aliphatic carbocycles. The molecule has 0 aliphatic heterocycles. The first-order valence-corrected chi connectivity index (χ1v) is 30.9. The topological polar surface area (TPSA) is 194 Å². The summed E-state index contributed by atoms with van der Waals surface area (Å²) >= 11 is 0. The Balaban J connectivity index is 3.08. The van der Waals surface area contributed by atoms with Crippen LogP contribution in [-0.2, 0) is 99.5 Å². The van der Waals surface area contributed by atoms with Crippen molar-refractivity contribution in [3.63, 3.8) is 0 Å². The average Bonchev–Trinajstić information content (AvgIpc) is 3.47. The molecular formula is C59H120O21. The van der Waals surface area contributed by atoms with Crippen LogP contribution < -0.4 is 0 Å². The lowest BCUT2D eigenvalue weighted by Crippen LogP contribution is -2.10. The highest BCUT2D eigenvalue weighted by Gasteiger charge is 2.01. The third-order valence-corrected chi connectivity index (χ3v) is 11.1. The van der Waals surface area contributed by atoms with Crippen LogP contribution in [0.3, 0.4) is 0 Å². The number of methoxy groups -OCH3 is 2. The molecule has 0 fully saturated rings. The second kappa shape index (κ2) is 78.2. The molecule has 0 N–H and O–H groups in total. The van der Waals surface area contributed by atoms with Gasteiger partial charge in [0.1, 0.15) is 0 Å². The van der Waals surface area contributed by atoms with Gasteiger partial charge in [-0.2, -0.15) is 0 Å². The summed E-state index contributed by atoms with van der Waals surface area (Å²) in [5, 5.41) is 0. The maximum atomic E-state index is 5.71. The minimum Gasteiger partial charge on any atom is -0.382 e. The number of rotatable bonds is 77. The smallest absolute Gasteiger partial charge is 0.0701 e. The lowest BCUT2D eigenvalue weighted by atomic mass is 10.4. The fraction of sp³-hybridized carbons (Fsp3) is 1.00. The highest BCUT2D eigenvalue weighted by molar-refractivity contribution is 4.47. The third kappa shape index (κ3) is 77.2. The van der Waals surface area contributed by atoms with E-state index < -0.39 is 0 Å². The molecule has 0 radical (unpaired) electrons. The molecule has 80 heavy (non-hydrogen) atoms. The van der Waals surface area contributed by atoms with E-state index in [0.717, 1.165) is 109 Å². The summed E-state index contributed by atoms with van der Waals surface area (Å²) in [6.45, 7) is 27.6. The Morgan fingerprint density at radius 1 is 0.100 bits per heavy atom. The maximum absolute atomic E-state index is 5.71. The Bertz CT molecular complexity index is 969. The maximum Gasteiger partial charge on any atom is 0.0701 e. The normalized spacial score (nSPS) is 11.8. The molecule has 0 unspecified atom stereocenters. The minimum atomic E-state index is 0.595. The highest BCUT2D eigenvalue weighted by atomic mass is 16.6. The van der Waals surface area contributed by atoms with Gasteiger partial charge in [0.25, 0.3) is 0 Å². The number of hydrogen-bond donors (Lipinski definition) is 0. The summed E-state index contributed by atoms with van der Waals surface area (Å²) in [7, 11) is 3.33. The molecule has 21 heteroatoms. The quantitative estimate of drug-likeness (QED) is 0.0553. The first-order valence-electron chi connectivity index (χ1n) is 30.9. The zero-order chi connectivity index (χ0) is 57.2. The van der Waals surface area contributed by atoms with Crippen molar-refractivity contribution in [2.24, 2.45) is 0 Å². The molecule has 0 bridgehead atoms. The van der Waals surface area contributed by atoms with E-state index in [-0.39, 0.29) is 0 Å². The first kappa shape index (κ1) is 79.2. The second-order valence-corrected chi connectivity index (χ2v) is 18.6. The average molecular weight is 1170 g/mol. The van der Waals surface area contributed by atoms with Crippen LogP contribution in [0.5, 0.6) is 0 Å². The summed E-state index contributed by atoms with van der Waals surface area (Å²) in [6, 6.07) is 0. The van der Waals surface area contributed by atoms with Crippen molar-refractivity contribution in [3.8, 4) is 0 Å². The van der Waals surface area contributed by atoms with Gasteiger partial charge in [-0.3, -0.25) is 0 Å². The Hall–Kier alpha value is -0.840. The molecule has 0 heterocycles. The Morgan fingerprint density at radius 2 is 0.175 bits per heavy atom. The van der Waals surface area contributed by atoms with Gasteiger partial charge in [0, 0.05) is 239 Å². The van der Waals surface area contributed by atoms with Gasteiger partial charge in [0.15, 0.2) is 0 Å². The van der Waals surface area contributed by atoms with E-state index in [1.54, 1.807) is 14.2 Å². The molecular weight excluding hydrogens is 1040 g/mol. The molecule has 0 atom stereocenters. The van der Waals surface area contributed by atoms with Crippen molar-refractivity contribution in [2.45, 2.75) is 109 Å². The van der Waals surface area contributed by atoms with Crippen molar-refractivity contribution in [1.82, 2.24) is 0 Å². The van der Waals surface area contributed by atoms with Gasteiger partial charge in [-0.05, 0) is 109 Å². The third-order valence-electron chi connectivity index (χ3n) is 11.1. The van der Waals surface area contributed by atoms with Crippen molar-refractivity contribution < 1.29 is 99.5 Å². The van der Waals surface area contributed by atoms with E-state index in [4.69, 9.17) is 99.5 Å². The largest absolute Gasteiger partial charge is 0.382 e. The summed E-state index contributed by atoms with van der Waals surface area (Å²) in [4.78, 5) is 0. The molecule has 0 aromatic heterocycles. The molecule has 0 aromatic rings. The van der Waals surface area contributed by atoms with E-state index in [2.05, 4.69) is 0 Å².